The zero-order valence-corrected chi connectivity index (χ0v) is 13.9. The summed E-state index contributed by atoms with van der Waals surface area (Å²) in [5, 5.41) is 2.95. The lowest BCUT2D eigenvalue weighted by molar-refractivity contribution is -0.150. The van der Waals surface area contributed by atoms with Gasteiger partial charge in [0.15, 0.2) is 0 Å². The molecule has 0 saturated heterocycles. The number of carbonyl (C=O) groups excluding carboxylic acids is 2. The van der Waals surface area contributed by atoms with Crippen molar-refractivity contribution in [1.82, 2.24) is 10.2 Å². The van der Waals surface area contributed by atoms with Crippen LogP contribution in [0, 0.1) is 5.41 Å². The van der Waals surface area contributed by atoms with E-state index in [2.05, 4.69) is 5.32 Å². The molecule has 1 aromatic carbocycles. The molecular weight excluding hydrogens is 276 g/mol. The third-order valence-electron chi connectivity index (χ3n) is 4.09. The number of amides is 2. The van der Waals surface area contributed by atoms with Crippen molar-refractivity contribution >= 4 is 11.8 Å². The van der Waals surface area contributed by atoms with Crippen molar-refractivity contribution in [3.05, 3.63) is 35.9 Å². The Balaban J connectivity index is 2.12. The highest BCUT2D eigenvalue weighted by molar-refractivity contribution is 6.04. The predicted octanol–water partition coefficient (Wildman–Crippen LogP) is 2.73. The van der Waals surface area contributed by atoms with E-state index < -0.39 is 5.41 Å². The van der Waals surface area contributed by atoms with Gasteiger partial charge in [-0.25, -0.2) is 0 Å². The van der Waals surface area contributed by atoms with Crippen LogP contribution in [0.4, 0.5) is 0 Å². The molecule has 1 saturated carbocycles. The minimum atomic E-state index is -1.04. The maximum absolute atomic E-state index is 12.9. The highest BCUT2D eigenvalue weighted by atomic mass is 16.2. The smallest absolute Gasteiger partial charge is 0.238 e. The summed E-state index contributed by atoms with van der Waals surface area (Å²) >= 11 is 0. The quantitative estimate of drug-likeness (QED) is 0.821. The van der Waals surface area contributed by atoms with E-state index in [-0.39, 0.29) is 23.9 Å². The Morgan fingerprint density at radius 1 is 1.23 bits per heavy atom. The first-order valence-corrected chi connectivity index (χ1v) is 7.98. The summed E-state index contributed by atoms with van der Waals surface area (Å²) in [5.74, 6) is -0.289. The molecule has 1 aromatic rings. The Bertz CT molecular complexity index is 533. The molecule has 1 N–H and O–H groups in total. The molecule has 0 aliphatic heterocycles. The number of carbonyl (C=O) groups is 2. The van der Waals surface area contributed by atoms with Crippen molar-refractivity contribution in [2.24, 2.45) is 5.41 Å². The van der Waals surface area contributed by atoms with Gasteiger partial charge in [-0.3, -0.25) is 9.59 Å². The van der Waals surface area contributed by atoms with Gasteiger partial charge < -0.3 is 10.2 Å². The molecule has 120 valence electrons. The number of nitrogens with zero attached hydrogens (tertiary/aromatic N) is 1. The molecule has 0 atom stereocenters. The Hall–Kier alpha value is -1.84. The van der Waals surface area contributed by atoms with Gasteiger partial charge in [-0.2, -0.15) is 0 Å². The lowest BCUT2D eigenvalue weighted by Gasteiger charge is -2.34. The minimum Gasteiger partial charge on any atom is -0.352 e. The molecule has 22 heavy (non-hydrogen) atoms. The minimum absolute atomic E-state index is 0.0423. The fourth-order valence-corrected chi connectivity index (χ4v) is 2.32. The summed E-state index contributed by atoms with van der Waals surface area (Å²) in [7, 11) is 0. The zero-order chi connectivity index (χ0) is 16.3. The largest absolute Gasteiger partial charge is 0.352 e. The van der Waals surface area contributed by atoms with E-state index in [0.717, 1.165) is 18.4 Å². The van der Waals surface area contributed by atoms with Gasteiger partial charge in [0.25, 0.3) is 0 Å². The molecule has 4 heteroatoms. The van der Waals surface area contributed by atoms with Gasteiger partial charge in [0.1, 0.15) is 5.41 Å². The summed E-state index contributed by atoms with van der Waals surface area (Å²) in [4.78, 5) is 27.1. The Labute approximate surface area is 132 Å². The van der Waals surface area contributed by atoms with Crippen molar-refractivity contribution in [2.75, 3.05) is 0 Å². The van der Waals surface area contributed by atoms with Gasteiger partial charge in [0.2, 0.25) is 11.8 Å². The standard InChI is InChI=1S/C18H26N2O2/c1-13(2)20(12-14-8-6-5-7-9-14)17(22)18(3,4)16(21)19-15-10-11-15/h5-9,13,15H,10-12H2,1-4H3,(H,19,21). The van der Waals surface area contributed by atoms with E-state index in [1.54, 1.807) is 18.7 Å². The van der Waals surface area contributed by atoms with Gasteiger partial charge in [0.05, 0.1) is 0 Å². The van der Waals surface area contributed by atoms with E-state index in [4.69, 9.17) is 0 Å². The second-order valence-corrected chi connectivity index (χ2v) is 6.89. The molecule has 2 rings (SSSR count). The van der Waals surface area contributed by atoms with Crippen molar-refractivity contribution in [2.45, 2.75) is 59.2 Å². The Morgan fingerprint density at radius 2 is 1.82 bits per heavy atom. The molecule has 4 nitrogen and oxygen atoms in total. The molecule has 1 fully saturated rings. The fourth-order valence-electron chi connectivity index (χ4n) is 2.32. The lowest BCUT2D eigenvalue weighted by atomic mass is 9.89. The molecule has 0 heterocycles. The maximum Gasteiger partial charge on any atom is 0.238 e. The van der Waals surface area contributed by atoms with E-state index in [1.807, 2.05) is 44.2 Å². The molecule has 1 aliphatic carbocycles. The van der Waals surface area contributed by atoms with E-state index >= 15 is 0 Å². The highest BCUT2D eigenvalue weighted by Crippen LogP contribution is 2.26. The average molecular weight is 302 g/mol. The van der Waals surface area contributed by atoms with E-state index in [0.29, 0.717) is 6.54 Å². The fraction of sp³-hybridized carbons (Fsp3) is 0.556. The van der Waals surface area contributed by atoms with Crippen LogP contribution in [0.5, 0.6) is 0 Å². The molecule has 0 unspecified atom stereocenters. The normalized spacial score (nSPS) is 14.8. The van der Waals surface area contributed by atoms with Crippen LogP contribution in [0.15, 0.2) is 30.3 Å². The molecule has 1 aliphatic rings. The van der Waals surface area contributed by atoms with Gasteiger partial charge in [-0.05, 0) is 46.1 Å². The van der Waals surface area contributed by atoms with Crippen LogP contribution in [-0.4, -0.2) is 28.8 Å². The van der Waals surface area contributed by atoms with Gasteiger partial charge in [0, 0.05) is 18.6 Å². The SMILES string of the molecule is CC(C)N(Cc1ccccc1)C(=O)C(C)(C)C(=O)NC1CC1. The third kappa shape index (κ3) is 3.87. The van der Waals surface area contributed by atoms with E-state index in [9.17, 15) is 9.59 Å². The van der Waals surface area contributed by atoms with Crippen molar-refractivity contribution in [3.8, 4) is 0 Å². The van der Waals surface area contributed by atoms with Crippen LogP contribution in [-0.2, 0) is 16.1 Å². The number of benzene rings is 1. The van der Waals surface area contributed by atoms with Crippen LogP contribution in [0.2, 0.25) is 0 Å². The summed E-state index contributed by atoms with van der Waals surface area (Å²) < 4.78 is 0. The number of rotatable bonds is 6. The monoisotopic (exact) mass is 302 g/mol. The zero-order valence-electron chi connectivity index (χ0n) is 13.9. The highest BCUT2D eigenvalue weighted by Gasteiger charge is 2.41. The van der Waals surface area contributed by atoms with Gasteiger partial charge in [-0.15, -0.1) is 0 Å². The molecule has 0 bridgehead atoms. The first-order valence-electron chi connectivity index (χ1n) is 7.98. The first-order chi connectivity index (χ1) is 10.3. The molecule has 0 aromatic heterocycles. The van der Waals surface area contributed by atoms with Crippen molar-refractivity contribution in [3.63, 3.8) is 0 Å². The molecule has 0 radical (unpaired) electrons. The van der Waals surface area contributed by atoms with E-state index in [1.165, 1.54) is 0 Å². The molecule has 2 amide bonds. The van der Waals surface area contributed by atoms with Crippen LogP contribution in [0.1, 0.15) is 46.1 Å². The second-order valence-electron chi connectivity index (χ2n) is 6.89. The van der Waals surface area contributed by atoms with Gasteiger partial charge >= 0.3 is 0 Å². The topological polar surface area (TPSA) is 49.4 Å². The summed E-state index contributed by atoms with van der Waals surface area (Å²) in [6.07, 6.45) is 2.04. The number of nitrogens with one attached hydrogen (secondary N) is 1. The second kappa shape index (κ2) is 6.51. The Morgan fingerprint density at radius 3 is 2.32 bits per heavy atom. The van der Waals surface area contributed by atoms with Crippen LogP contribution >= 0.6 is 0 Å². The molecular formula is C18H26N2O2. The van der Waals surface area contributed by atoms with Crippen molar-refractivity contribution < 1.29 is 9.59 Å². The summed E-state index contributed by atoms with van der Waals surface area (Å²) in [6, 6.07) is 10.2. The predicted molar refractivity (Wildman–Crippen MR) is 87.1 cm³/mol. The lowest BCUT2D eigenvalue weighted by Crippen LogP contribution is -2.51. The maximum atomic E-state index is 12.9. The van der Waals surface area contributed by atoms with Gasteiger partial charge in [-0.1, -0.05) is 30.3 Å². The Kier molecular flexibility index (Phi) is 4.89. The van der Waals surface area contributed by atoms with Crippen molar-refractivity contribution in [1.29, 1.82) is 0 Å². The number of hydrogen-bond acceptors (Lipinski definition) is 2. The average Bonchev–Trinajstić information content (AvgIpc) is 3.28. The summed E-state index contributed by atoms with van der Waals surface area (Å²) in [6.45, 7) is 7.92. The number of hydrogen-bond donors (Lipinski definition) is 1. The van der Waals surface area contributed by atoms with Crippen LogP contribution in [0.3, 0.4) is 0 Å². The third-order valence-corrected chi connectivity index (χ3v) is 4.09. The summed E-state index contributed by atoms with van der Waals surface area (Å²) in [5.41, 5.74) is 0.0321. The molecule has 0 spiro atoms. The first kappa shape index (κ1) is 16.5. The van der Waals surface area contributed by atoms with Crippen LogP contribution < -0.4 is 5.32 Å². The van der Waals surface area contributed by atoms with Crippen LogP contribution in [0.25, 0.3) is 0 Å².